The molecular formula is C21H20ClN3O4. The minimum Gasteiger partial charge on any atom is -0.354 e. The van der Waals surface area contributed by atoms with Crippen molar-refractivity contribution in [3.63, 3.8) is 0 Å². The predicted octanol–water partition coefficient (Wildman–Crippen LogP) is 2.26. The van der Waals surface area contributed by atoms with Gasteiger partial charge in [0.05, 0.1) is 21.7 Å². The first-order chi connectivity index (χ1) is 14.0. The van der Waals surface area contributed by atoms with E-state index in [1.807, 2.05) is 0 Å². The lowest BCUT2D eigenvalue weighted by Gasteiger charge is -2.13. The van der Waals surface area contributed by atoms with Crippen molar-refractivity contribution in [2.24, 2.45) is 0 Å². The molecule has 0 spiro atoms. The van der Waals surface area contributed by atoms with Gasteiger partial charge in [0, 0.05) is 26.1 Å². The van der Waals surface area contributed by atoms with Crippen molar-refractivity contribution in [3.05, 3.63) is 70.2 Å². The lowest BCUT2D eigenvalue weighted by molar-refractivity contribution is -0.121. The SMILES string of the molecule is O=C(CCCN1C(=O)c2ccccc2C1=O)NCCNC(=O)c1ccccc1Cl. The van der Waals surface area contributed by atoms with E-state index in [1.165, 1.54) is 4.90 Å². The fourth-order valence-corrected chi connectivity index (χ4v) is 3.27. The summed E-state index contributed by atoms with van der Waals surface area (Å²) in [6.07, 6.45) is 0.537. The fourth-order valence-electron chi connectivity index (χ4n) is 3.05. The number of hydrogen-bond acceptors (Lipinski definition) is 4. The lowest BCUT2D eigenvalue weighted by Crippen LogP contribution is -2.35. The van der Waals surface area contributed by atoms with Gasteiger partial charge >= 0.3 is 0 Å². The molecule has 4 amide bonds. The number of carbonyl (C=O) groups is 4. The Labute approximate surface area is 173 Å². The largest absolute Gasteiger partial charge is 0.354 e. The van der Waals surface area contributed by atoms with Crippen molar-refractivity contribution in [1.29, 1.82) is 0 Å². The molecule has 2 aromatic rings. The molecule has 8 heteroatoms. The molecule has 29 heavy (non-hydrogen) atoms. The van der Waals surface area contributed by atoms with E-state index in [-0.39, 0.29) is 49.7 Å². The molecule has 0 aromatic heterocycles. The van der Waals surface area contributed by atoms with Crippen molar-refractivity contribution >= 4 is 35.2 Å². The Morgan fingerprint density at radius 3 is 2.10 bits per heavy atom. The molecule has 0 aliphatic carbocycles. The maximum Gasteiger partial charge on any atom is 0.261 e. The van der Waals surface area contributed by atoms with Crippen molar-refractivity contribution < 1.29 is 19.2 Å². The van der Waals surface area contributed by atoms with Crippen LogP contribution >= 0.6 is 11.6 Å². The quantitative estimate of drug-likeness (QED) is 0.512. The number of fused-ring (bicyclic) bond motifs is 1. The molecule has 0 saturated heterocycles. The number of imide groups is 1. The van der Waals surface area contributed by atoms with E-state index in [0.717, 1.165) is 0 Å². The first-order valence-corrected chi connectivity index (χ1v) is 9.61. The summed E-state index contributed by atoms with van der Waals surface area (Å²) in [6.45, 7) is 0.708. The third-order valence-corrected chi connectivity index (χ3v) is 4.84. The molecule has 0 saturated carbocycles. The topological polar surface area (TPSA) is 95.6 Å². The average molecular weight is 414 g/mol. The van der Waals surface area contributed by atoms with Crippen LogP contribution in [-0.2, 0) is 4.79 Å². The first-order valence-electron chi connectivity index (χ1n) is 9.23. The van der Waals surface area contributed by atoms with E-state index >= 15 is 0 Å². The number of amides is 4. The van der Waals surface area contributed by atoms with Gasteiger partial charge in [0.1, 0.15) is 0 Å². The molecular weight excluding hydrogens is 394 g/mol. The van der Waals surface area contributed by atoms with Gasteiger partial charge in [-0.05, 0) is 30.7 Å². The molecule has 3 rings (SSSR count). The van der Waals surface area contributed by atoms with Crippen molar-refractivity contribution in [2.75, 3.05) is 19.6 Å². The molecule has 2 aromatic carbocycles. The molecule has 1 aliphatic heterocycles. The van der Waals surface area contributed by atoms with Crippen LogP contribution in [0.5, 0.6) is 0 Å². The lowest BCUT2D eigenvalue weighted by atomic mass is 10.1. The second kappa shape index (κ2) is 9.34. The summed E-state index contributed by atoms with van der Waals surface area (Å²) in [6, 6.07) is 13.4. The van der Waals surface area contributed by atoms with Crippen LogP contribution < -0.4 is 10.6 Å². The predicted molar refractivity (Wildman–Crippen MR) is 108 cm³/mol. The molecule has 150 valence electrons. The van der Waals surface area contributed by atoms with Gasteiger partial charge in [-0.3, -0.25) is 24.1 Å². The third kappa shape index (κ3) is 4.81. The molecule has 0 fully saturated rings. The Hall–Kier alpha value is -3.19. The van der Waals surface area contributed by atoms with Gasteiger partial charge in [0.15, 0.2) is 0 Å². The van der Waals surface area contributed by atoms with Gasteiger partial charge < -0.3 is 10.6 Å². The Morgan fingerprint density at radius 2 is 1.45 bits per heavy atom. The van der Waals surface area contributed by atoms with E-state index in [4.69, 9.17) is 11.6 Å². The van der Waals surface area contributed by atoms with Gasteiger partial charge in [-0.2, -0.15) is 0 Å². The number of carbonyl (C=O) groups excluding carboxylic acids is 4. The van der Waals surface area contributed by atoms with Crippen LogP contribution in [0.25, 0.3) is 0 Å². The van der Waals surface area contributed by atoms with E-state index in [0.29, 0.717) is 28.1 Å². The summed E-state index contributed by atoms with van der Waals surface area (Å²) in [5, 5.41) is 5.74. The molecule has 0 unspecified atom stereocenters. The normalized spacial score (nSPS) is 12.7. The van der Waals surface area contributed by atoms with Crippen LogP contribution in [0.1, 0.15) is 43.9 Å². The Kier molecular flexibility index (Phi) is 6.61. The first kappa shape index (κ1) is 20.5. The summed E-state index contributed by atoms with van der Waals surface area (Å²) in [4.78, 5) is 49.6. The number of nitrogens with one attached hydrogen (secondary N) is 2. The molecule has 1 aliphatic rings. The van der Waals surface area contributed by atoms with E-state index in [2.05, 4.69) is 10.6 Å². The van der Waals surface area contributed by atoms with E-state index in [1.54, 1.807) is 48.5 Å². The zero-order chi connectivity index (χ0) is 20.8. The molecule has 0 bridgehead atoms. The Bertz CT molecular complexity index is 925. The zero-order valence-electron chi connectivity index (χ0n) is 15.6. The Morgan fingerprint density at radius 1 is 0.862 bits per heavy atom. The smallest absolute Gasteiger partial charge is 0.261 e. The molecule has 1 heterocycles. The van der Waals surface area contributed by atoms with Gasteiger partial charge in [0.2, 0.25) is 5.91 Å². The van der Waals surface area contributed by atoms with Gasteiger partial charge in [-0.15, -0.1) is 0 Å². The molecule has 0 radical (unpaired) electrons. The highest BCUT2D eigenvalue weighted by atomic mass is 35.5. The maximum absolute atomic E-state index is 12.3. The number of nitrogens with zero attached hydrogens (tertiary/aromatic N) is 1. The zero-order valence-corrected chi connectivity index (χ0v) is 16.4. The van der Waals surface area contributed by atoms with Crippen LogP contribution in [0, 0.1) is 0 Å². The van der Waals surface area contributed by atoms with Gasteiger partial charge in [-0.1, -0.05) is 35.9 Å². The number of benzene rings is 2. The van der Waals surface area contributed by atoms with Crippen molar-refractivity contribution in [2.45, 2.75) is 12.8 Å². The Balaban J connectivity index is 1.35. The molecule has 0 atom stereocenters. The van der Waals surface area contributed by atoms with E-state index in [9.17, 15) is 19.2 Å². The van der Waals surface area contributed by atoms with Gasteiger partial charge in [-0.25, -0.2) is 0 Å². The highest BCUT2D eigenvalue weighted by molar-refractivity contribution is 6.33. The van der Waals surface area contributed by atoms with Crippen LogP contribution in [-0.4, -0.2) is 48.2 Å². The average Bonchev–Trinajstić information content (AvgIpc) is 2.96. The summed E-state index contributed by atoms with van der Waals surface area (Å²) in [5.41, 5.74) is 1.17. The van der Waals surface area contributed by atoms with Crippen molar-refractivity contribution in [3.8, 4) is 0 Å². The van der Waals surface area contributed by atoms with Crippen LogP contribution in [0.3, 0.4) is 0 Å². The highest BCUT2D eigenvalue weighted by Gasteiger charge is 2.34. The summed E-state index contributed by atoms with van der Waals surface area (Å²) < 4.78 is 0. The van der Waals surface area contributed by atoms with Crippen LogP contribution in [0.2, 0.25) is 5.02 Å². The highest BCUT2D eigenvalue weighted by Crippen LogP contribution is 2.22. The maximum atomic E-state index is 12.3. The van der Waals surface area contributed by atoms with E-state index < -0.39 is 0 Å². The minimum absolute atomic E-state index is 0.172. The standard InChI is InChI=1S/C21H20ClN3O4/c22-17-9-4-3-8-16(17)19(27)24-12-11-23-18(26)10-5-13-25-20(28)14-6-1-2-7-15(14)21(25)29/h1-4,6-9H,5,10-13H2,(H,23,26)(H,24,27). The van der Waals surface area contributed by atoms with Crippen LogP contribution in [0.15, 0.2) is 48.5 Å². The van der Waals surface area contributed by atoms with Crippen molar-refractivity contribution in [1.82, 2.24) is 15.5 Å². The fraction of sp³-hybridized carbons (Fsp3) is 0.238. The molecule has 2 N–H and O–H groups in total. The second-order valence-electron chi connectivity index (χ2n) is 6.50. The number of rotatable bonds is 8. The van der Waals surface area contributed by atoms with Crippen LogP contribution in [0.4, 0.5) is 0 Å². The third-order valence-electron chi connectivity index (χ3n) is 4.51. The summed E-state index contributed by atoms with van der Waals surface area (Å²) in [7, 11) is 0. The minimum atomic E-state index is -0.326. The van der Waals surface area contributed by atoms with Gasteiger partial charge in [0.25, 0.3) is 17.7 Å². The monoisotopic (exact) mass is 413 g/mol. The number of halogens is 1. The summed E-state index contributed by atoms with van der Waals surface area (Å²) >= 11 is 5.96. The molecule has 7 nitrogen and oxygen atoms in total. The number of hydrogen-bond donors (Lipinski definition) is 2. The summed E-state index contributed by atoms with van der Waals surface area (Å²) in [5.74, 6) is -1.18. The second-order valence-corrected chi connectivity index (χ2v) is 6.90.